The molecule has 27 nitrogen and oxygen atoms in total. The third-order valence-corrected chi connectivity index (χ3v) is 14.3. The fourth-order valence-electron chi connectivity index (χ4n) is 9.32. The highest BCUT2D eigenvalue weighted by molar-refractivity contribution is 6.31. The van der Waals surface area contributed by atoms with E-state index >= 15 is 0 Å². The van der Waals surface area contributed by atoms with Gasteiger partial charge in [0.05, 0.1) is 39.4 Å². The molecule has 3 aromatic carbocycles. The third-order valence-electron chi connectivity index (χ3n) is 14.0. The van der Waals surface area contributed by atoms with E-state index in [2.05, 4.69) is 42.5 Å². The van der Waals surface area contributed by atoms with Crippen LogP contribution in [0.3, 0.4) is 0 Å². The minimum Gasteiger partial charge on any atom is -0.444 e. The van der Waals surface area contributed by atoms with Gasteiger partial charge in [-0.1, -0.05) is 66.6 Å². The molecule has 14 amide bonds. The summed E-state index contributed by atoms with van der Waals surface area (Å²) in [7, 11) is 1.63. The number of unbranched alkanes of at least 4 members (excludes halogenated alkanes) is 2. The smallest absolute Gasteiger partial charge is 0.410 e. The molecule has 468 valence electrons. The molecule has 3 aromatic rings. The van der Waals surface area contributed by atoms with Crippen LogP contribution < -0.4 is 42.5 Å². The zero-order valence-corrected chi connectivity index (χ0v) is 49.9. The fraction of sp³-hybridized carbons (Fsp3) is 0.475. The van der Waals surface area contributed by atoms with E-state index in [4.69, 9.17) is 21.1 Å². The molecule has 0 spiro atoms. The van der Waals surface area contributed by atoms with Crippen molar-refractivity contribution in [3.8, 4) is 0 Å². The Kier molecular flexibility index (Phi) is 25.1. The standard InChI is InChI=1S/C59H75ClN12O15/c1-59(2,3)87-58(85)69(4)24-26-86-25-22-39-15-16-41(29-43(39)60)67-57(84)65-30-38-14-17-42-40(27-38)35-71(55(42)82)45-18-19-53(80)72(56(45)83)36-66-49(76)32-62-48(75)33-64-54(81)44(28-37-11-7-5-8-12-37)68-50(77)34-63-47(74)31-61-46(73)13-9-6-10-23-70-51(78)20-21-52(70)79/h5,7-8,11-12,14-17,27,29,44-45H,6,9-10,13,18-26,28,30-36H2,1-4H3,(H,61,73)(H,62,75)(H,63,74)(H,64,81)(H,66,76)(H,68,77)(H2,65,67,84). The average Bonchev–Trinajstić information content (AvgIpc) is 1.97. The van der Waals surface area contributed by atoms with Gasteiger partial charge in [0.25, 0.3) is 11.8 Å². The second-order valence-corrected chi connectivity index (χ2v) is 22.3. The number of halogens is 1. The van der Waals surface area contributed by atoms with Gasteiger partial charge in [-0.25, -0.2) is 9.59 Å². The number of likely N-dealkylation sites (tertiary alicyclic amines) is 2. The number of hydrogen-bond donors (Lipinski definition) is 8. The molecule has 0 radical (unpaired) electrons. The van der Waals surface area contributed by atoms with Crippen LogP contribution in [0.1, 0.15) is 105 Å². The van der Waals surface area contributed by atoms with E-state index in [1.54, 1.807) is 94.5 Å². The Morgan fingerprint density at radius 3 is 2.03 bits per heavy atom. The molecule has 3 heterocycles. The number of fused-ring (bicyclic) bond motifs is 1. The van der Waals surface area contributed by atoms with Gasteiger partial charge in [0.2, 0.25) is 53.2 Å². The summed E-state index contributed by atoms with van der Waals surface area (Å²) in [6, 6.07) is 16.0. The number of urea groups is 1. The molecule has 3 aliphatic heterocycles. The molecule has 28 heteroatoms. The number of rotatable bonds is 30. The summed E-state index contributed by atoms with van der Waals surface area (Å²) < 4.78 is 11.0. The van der Waals surface area contributed by atoms with Gasteiger partial charge in [0.1, 0.15) is 24.4 Å². The van der Waals surface area contributed by atoms with Gasteiger partial charge >= 0.3 is 12.1 Å². The van der Waals surface area contributed by atoms with Crippen LogP contribution >= 0.6 is 11.6 Å². The Labute approximate surface area is 508 Å². The Balaban J connectivity index is 0.871. The number of hydrogen-bond acceptors (Lipinski definition) is 15. The number of amides is 14. The molecular weight excluding hydrogens is 1150 g/mol. The predicted octanol–water partition coefficient (Wildman–Crippen LogP) is 1.54. The minimum atomic E-state index is -1.21. The predicted molar refractivity (Wildman–Crippen MR) is 313 cm³/mol. The first kappa shape index (κ1) is 67.2. The van der Waals surface area contributed by atoms with Crippen molar-refractivity contribution in [3.63, 3.8) is 0 Å². The lowest BCUT2D eigenvalue weighted by molar-refractivity contribution is -0.153. The number of likely N-dealkylation sites (N-methyl/N-ethyl adjacent to an activating group) is 1. The van der Waals surface area contributed by atoms with Crippen LogP contribution in [0.5, 0.6) is 0 Å². The highest BCUT2D eigenvalue weighted by Crippen LogP contribution is 2.30. The molecule has 8 N–H and O–H groups in total. The number of imide groups is 2. The van der Waals surface area contributed by atoms with Crippen LogP contribution in [0.25, 0.3) is 0 Å². The topological polar surface area (TPSA) is 350 Å². The first-order valence-electron chi connectivity index (χ1n) is 28.6. The van der Waals surface area contributed by atoms with Gasteiger partial charge in [0.15, 0.2) is 0 Å². The number of carbonyl (C=O) groups excluding carboxylic acids is 13. The van der Waals surface area contributed by atoms with E-state index in [9.17, 15) is 62.3 Å². The largest absolute Gasteiger partial charge is 0.444 e. The van der Waals surface area contributed by atoms with Gasteiger partial charge in [0, 0.05) is 81.6 Å². The lowest BCUT2D eigenvalue weighted by Gasteiger charge is -2.35. The minimum absolute atomic E-state index is 0.00154. The van der Waals surface area contributed by atoms with Crippen LogP contribution in [0.4, 0.5) is 15.3 Å². The molecular formula is C59H75ClN12O15. The SMILES string of the molecule is CN(CCOCCc1ccc(NC(=O)NCc2ccc3c(c2)CN(C2CCC(=O)N(CNC(=O)CNC(=O)CNC(=O)C(Cc4ccccc4)NC(=O)CNC(=O)CNC(=O)CCCCCN4C(=O)CCC4=O)C2=O)C3=O)cc1Cl)C(=O)OC(C)(C)C. The monoisotopic (exact) mass is 1230 g/mol. The van der Waals surface area contributed by atoms with Crippen molar-refractivity contribution in [1.82, 2.24) is 56.8 Å². The summed E-state index contributed by atoms with van der Waals surface area (Å²) in [6.45, 7) is 4.07. The van der Waals surface area contributed by atoms with Crippen molar-refractivity contribution in [3.05, 3.63) is 99.6 Å². The van der Waals surface area contributed by atoms with Crippen molar-refractivity contribution in [2.24, 2.45) is 0 Å². The van der Waals surface area contributed by atoms with Crippen LogP contribution in [0.15, 0.2) is 66.7 Å². The summed E-state index contributed by atoms with van der Waals surface area (Å²) in [5.41, 5.74) is 2.93. The van der Waals surface area contributed by atoms with Crippen LogP contribution in [-0.2, 0) is 83.4 Å². The molecule has 6 rings (SSSR count). The zero-order chi connectivity index (χ0) is 63.2. The van der Waals surface area contributed by atoms with Crippen LogP contribution in [0, 0.1) is 0 Å². The van der Waals surface area contributed by atoms with E-state index in [1.165, 1.54) is 14.7 Å². The van der Waals surface area contributed by atoms with Crippen LogP contribution in [0.2, 0.25) is 5.02 Å². The van der Waals surface area contributed by atoms with Gasteiger partial charge in [-0.05, 0) is 86.9 Å². The lowest BCUT2D eigenvalue weighted by atomic mass is 10.0. The molecule has 0 aliphatic carbocycles. The second kappa shape index (κ2) is 32.5. The van der Waals surface area contributed by atoms with E-state index in [0.29, 0.717) is 85.0 Å². The molecule has 0 saturated carbocycles. The number of nitrogens with one attached hydrogen (secondary N) is 8. The Morgan fingerprint density at radius 1 is 0.690 bits per heavy atom. The molecule has 2 saturated heterocycles. The van der Waals surface area contributed by atoms with E-state index in [0.717, 1.165) is 10.5 Å². The molecule has 2 fully saturated rings. The van der Waals surface area contributed by atoms with Gasteiger partial charge in [-0.2, -0.15) is 0 Å². The van der Waals surface area contributed by atoms with E-state index in [-0.39, 0.29) is 63.4 Å². The van der Waals surface area contributed by atoms with Crippen molar-refractivity contribution < 1.29 is 71.8 Å². The van der Waals surface area contributed by atoms with Gasteiger partial charge in [-0.15, -0.1) is 0 Å². The lowest BCUT2D eigenvalue weighted by Crippen LogP contribution is -2.57. The maximum Gasteiger partial charge on any atom is 0.410 e. The number of carbonyl (C=O) groups is 13. The third kappa shape index (κ3) is 21.5. The van der Waals surface area contributed by atoms with Gasteiger partial charge in [-0.3, -0.25) is 62.5 Å². The van der Waals surface area contributed by atoms with Crippen LogP contribution in [-0.4, -0.2) is 181 Å². The number of ether oxygens (including phenoxy) is 2. The number of nitrogens with zero attached hydrogens (tertiary/aromatic N) is 4. The molecule has 2 unspecified atom stereocenters. The summed E-state index contributed by atoms with van der Waals surface area (Å²) in [5, 5.41) is 20.5. The number of anilines is 1. The maximum absolute atomic E-state index is 13.8. The molecule has 0 aromatic heterocycles. The highest BCUT2D eigenvalue weighted by atomic mass is 35.5. The number of piperidine rings is 1. The van der Waals surface area contributed by atoms with Crippen molar-refractivity contribution in [2.75, 3.05) is 71.5 Å². The fourth-order valence-corrected chi connectivity index (χ4v) is 9.59. The summed E-state index contributed by atoms with van der Waals surface area (Å²) in [4.78, 5) is 170. The summed E-state index contributed by atoms with van der Waals surface area (Å²) >= 11 is 6.51. The zero-order valence-electron chi connectivity index (χ0n) is 49.1. The highest BCUT2D eigenvalue weighted by Gasteiger charge is 2.43. The quantitative estimate of drug-likeness (QED) is 0.0347. The van der Waals surface area contributed by atoms with E-state index in [1.807, 2.05) is 0 Å². The molecule has 2 atom stereocenters. The summed E-state index contributed by atoms with van der Waals surface area (Å²) in [5.74, 6) is -6.28. The maximum atomic E-state index is 13.8. The Hall–Kier alpha value is -8.98. The molecule has 3 aliphatic rings. The van der Waals surface area contributed by atoms with Crippen molar-refractivity contribution in [2.45, 2.75) is 116 Å². The second-order valence-electron chi connectivity index (χ2n) is 21.9. The molecule has 87 heavy (non-hydrogen) atoms. The van der Waals surface area contributed by atoms with Crippen molar-refractivity contribution >= 4 is 94.4 Å². The molecule has 0 bridgehead atoms. The first-order valence-corrected chi connectivity index (χ1v) is 29.0. The summed E-state index contributed by atoms with van der Waals surface area (Å²) in [6.07, 6.45) is 2.13. The van der Waals surface area contributed by atoms with E-state index < -0.39 is 116 Å². The average molecular weight is 1230 g/mol. The normalized spacial score (nSPS) is 15.1. The van der Waals surface area contributed by atoms with Crippen molar-refractivity contribution in [1.29, 1.82) is 0 Å². The van der Waals surface area contributed by atoms with Gasteiger partial charge < -0.3 is 61.8 Å². The Morgan fingerprint density at radius 2 is 1.34 bits per heavy atom. The first-order chi connectivity index (χ1) is 41.4. The Bertz CT molecular complexity index is 3050. The number of benzene rings is 3.